The molecular formula is C26H24N4. The number of nitrogens with zero attached hydrogens (tertiary/aromatic N) is 2. The molecule has 4 heteroatoms. The summed E-state index contributed by atoms with van der Waals surface area (Å²) in [6.45, 7) is 2.23. The van der Waals surface area contributed by atoms with Gasteiger partial charge in [0.25, 0.3) is 0 Å². The Balaban J connectivity index is 1.62. The number of aromatic nitrogens is 3. The molecule has 0 unspecified atom stereocenters. The fourth-order valence-electron chi connectivity index (χ4n) is 3.90. The Labute approximate surface area is 176 Å². The number of nitrogens with one attached hydrogen (secondary N) is 2. The van der Waals surface area contributed by atoms with Gasteiger partial charge in [-0.25, -0.2) is 9.97 Å². The van der Waals surface area contributed by atoms with Crippen molar-refractivity contribution in [2.75, 3.05) is 5.32 Å². The minimum atomic E-state index is 0.904. The summed E-state index contributed by atoms with van der Waals surface area (Å²) in [5.41, 5.74) is 8.52. The first-order valence-electron chi connectivity index (χ1n) is 10.5. The molecule has 0 fully saturated rings. The molecule has 0 aliphatic carbocycles. The highest BCUT2D eigenvalue weighted by molar-refractivity contribution is 6.10. The maximum atomic E-state index is 4.53. The second-order valence-electron chi connectivity index (χ2n) is 7.62. The van der Waals surface area contributed by atoms with Crippen LogP contribution in [0, 0.1) is 0 Å². The zero-order chi connectivity index (χ0) is 20.3. The van der Waals surface area contributed by atoms with Crippen LogP contribution < -0.4 is 5.32 Å². The molecule has 0 spiro atoms. The molecule has 2 heterocycles. The minimum absolute atomic E-state index is 0.904. The first-order valence-corrected chi connectivity index (χ1v) is 10.5. The fourth-order valence-corrected chi connectivity index (χ4v) is 3.90. The molecule has 30 heavy (non-hydrogen) atoms. The summed E-state index contributed by atoms with van der Waals surface area (Å²) in [6, 6.07) is 25.4. The van der Waals surface area contributed by atoms with E-state index in [9.17, 15) is 0 Å². The van der Waals surface area contributed by atoms with Crippen molar-refractivity contribution < 1.29 is 0 Å². The van der Waals surface area contributed by atoms with E-state index < -0.39 is 0 Å². The van der Waals surface area contributed by atoms with Gasteiger partial charge in [-0.05, 0) is 54.3 Å². The number of imidazole rings is 1. The number of hydrogen-bond donors (Lipinski definition) is 2. The first kappa shape index (κ1) is 18.4. The highest BCUT2D eigenvalue weighted by atomic mass is 14.9. The number of aromatic amines is 1. The van der Waals surface area contributed by atoms with E-state index in [4.69, 9.17) is 0 Å². The molecule has 0 saturated carbocycles. The van der Waals surface area contributed by atoms with Gasteiger partial charge >= 0.3 is 0 Å². The Bertz CT molecular complexity index is 1290. The summed E-state index contributed by atoms with van der Waals surface area (Å²) in [5, 5.41) is 4.69. The van der Waals surface area contributed by atoms with Gasteiger partial charge in [0.1, 0.15) is 11.8 Å². The Hall–Kier alpha value is -3.66. The molecule has 0 amide bonds. The van der Waals surface area contributed by atoms with Gasteiger partial charge in [0.15, 0.2) is 0 Å². The van der Waals surface area contributed by atoms with E-state index in [2.05, 4.69) is 87.9 Å². The number of hydrogen-bond acceptors (Lipinski definition) is 3. The van der Waals surface area contributed by atoms with Crippen molar-refractivity contribution in [3.63, 3.8) is 0 Å². The van der Waals surface area contributed by atoms with Crippen LogP contribution in [-0.4, -0.2) is 15.0 Å². The number of anilines is 2. The third-order valence-electron chi connectivity index (χ3n) is 5.50. The summed E-state index contributed by atoms with van der Waals surface area (Å²) < 4.78 is 0. The van der Waals surface area contributed by atoms with Gasteiger partial charge in [-0.2, -0.15) is 0 Å². The second kappa shape index (κ2) is 7.99. The lowest BCUT2D eigenvalue weighted by Gasteiger charge is -2.14. The maximum Gasteiger partial charge on any atom is 0.116 e. The number of H-pyrrole nitrogens is 1. The van der Waals surface area contributed by atoms with Crippen molar-refractivity contribution in [3.05, 3.63) is 84.7 Å². The summed E-state index contributed by atoms with van der Waals surface area (Å²) in [7, 11) is 0. The fraction of sp³-hybridized carbons (Fsp3) is 0.154. The molecule has 0 radical (unpaired) electrons. The van der Waals surface area contributed by atoms with Crippen LogP contribution in [-0.2, 0) is 6.42 Å². The van der Waals surface area contributed by atoms with Gasteiger partial charge in [-0.3, -0.25) is 0 Å². The topological polar surface area (TPSA) is 53.6 Å². The predicted octanol–water partition coefficient (Wildman–Crippen LogP) is 6.86. The largest absolute Gasteiger partial charge is 0.355 e. The average Bonchev–Trinajstić information content (AvgIpc) is 3.28. The van der Waals surface area contributed by atoms with Crippen LogP contribution >= 0.6 is 0 Å². The number of rotatable bonds is 6. The van der Waals surface area contributed by atoms with E-state index in [1.807, 2.05) is 12.1 Å². The molecule has 0 saturated heterocycles. The summed E-state index contributed by atoms with van der Waals surface area (Å²) >= 11 is 0. The number of aryl methyl sites for hydroxylation is 1. The van der Waals surface area contributed by atoms with Crippen molar-refractivity contribution in [1.82, 2.24) is 15.0 Å². The average molecular weight is 393 g/mol. The lowest BCUT2D eigenvalue weighted by molar-refractivity contribution is 0.795. The van der Waals surface area contributed by atoms with E-state index >= 15 is 0 Å². The second-order valence-corrected chi connectivity index (χ2v) is 7.62. The maximum absolute atomic E-state index is 4.53. The summed E-state index contributed by atoms with van der Waals surface area (Å²) in [5.74, 6) is 0. The highest BCUT2D eigenvalue weighted by Crippen LogP contribution is 2.34. The number of pyridine rings is 1. The van der Waals surface area contributed by atoms with Crippen molar-refractivity contribution >= 4 is 33.3 Å². The van der Waals surface area contributed by atoms with Crippen LogP contribution in [0.3, 0.4) is 0 Å². The molecule has 0 atom stereocenters. The molecule has 3 aromatic carbocycles. The number of fused-ring (bicyclic) bond motifs is 3. The molecular weight excluding hydrogens is 368 g/mol. The van der Waals surface area contributed by atoms with E-state index in [1.54, 1.807) is 6.33 Å². The van der Waals surface area contributed by atoms with E-state index in [-0.39, 0.29) is 0 Å². The molecule has 4 nitrogen and oxygen atoms in total. The Morgan fingerprint density at radius 3 is 2.53 bits per heavy atom. The smallest absolute Gasteiger partial charge is 0.116 e. The van der Waals surface area contributed by atoms with Crippen LogP contribution in [0.25, 0.3) is 33.2 Å². The predicted molar refractivity (Wildman–Crippen MR) is 125 cm³/mol. The van der Waals surface area contributed by atoms with Crippen molar-refractivity contribution in [2.24, 2.45) is 0 Å². The quantitative estimate of drug-likeness (QED) is 0.332. The highest BCUT2D eigenvalue weighted by Gasteiger charge is 2.12. The van der Waals surface area contributed by atoms with Crippen LogP contribution in [0.5, 0.6) is 0 Å². The zero-order valence-electron chi connectivity index (χ0n) is 17.0. The zero-order valence-corrected chi connectivity index (χ0v) is 17.0. The monoisotopic (exact) mass is 392 g/mol. The Morgan fingerprint density at radius 2 is 1.73 bits per heavy atom. The molecule has 2 N–H and O–H groups in total. The van der Waals surface area contributed by atoms with Crippen molar-refractivity contribution in [2.45, 2.75) is 26.2 Å². The standard InChI is InChI=1S/C26H24N4/c1-2-3-7-18-10-12-20(13-11-18)29-24-16-23(19-8-5-4-6-9-19)30-21-14-15-22-26(25(21)24)28-17-27-22/h4-6,8-17,29-30H,2-3,7H2,1H3. The molecule has 0 bridgehead atoms. The summed E-state index contributed by atoms with van der Waals surface area (Å²) in [4.78, 5) is 12.5. The van der Waals surface area contributed by atoms with Crippen LogP contribution in [0.1, 0.15) is 25.3 Å². The van der Waals surface area contributed by atoms with E-state index in [0.29, 0.717) is 0 Å². The van der Waals surface area contributed by atoms with Gasteiger partial charge in [-0.15, -0.1) is 0 Å². The molecule has 5 aromatic rings. The van der Waals surface area contributed by atoms with Gasteiger partial charge in [-0.1, -0.05) is 55.8 Å². The minimum Gasteiger partial charge on any atom is -0.355 e. The normalized spacial score (nSPS) is 11.2. The van der Waals surface area contributed by atoms with Crippen molar-refractivity contribution in [1.29, 1.82) is 0 Å². The first-order chi connectivity index (χ1) is 14.8. The van der Waals surface area contributed by atoms with Gasteiger partial charge in [0, 0.05) is 16.8 Å². The van der Waals surface area contributed by atoms with E-state index in [1.165, 1.54) is 18.4 Å². The summed E-state index contributed by atoms with van der Waals surface area (Å²) in [6.07, 6.45) is 5.19. The molecule has 0 aliphatic rings. The SMILES string of the molecule is CCCCc1ccc(Nc2cc(-c3ccccc3)[nH]c3ccc4ncnc4c23)cc1. The third kappa shape index (κ3) is 3.52. The van der Waals surface area contributed by atoms with Gasteiger partial charge < -0.3 is 10.3 Å². The Kier molecular flexibility index (Phi) is 4.89. The van der Waals surface area contributed by atoms with Crippen LogP contribution in [0.2, 0.25) is 0 Å². The number of benzene rings is 3. The van der Waals surface area contributed by atoms with Crippen LogP contribution in [0.15, 0.2) is 79.1 Å². The lowest BCUT2D eigenvalue weighted by Crippen LogP contribution is -1.96. The number of unbranched alkanes of at least 4 members (excludes halogenated alkanes) is 1. The molecule has 2 aromatic heterocycles. The van der Waals surface area contributed by atoms with Crippen molar-refractivity contribution in [3.8, 4) is 11.3 Å². The lowest BCUT2D eigenvalue weighted by atomic mass is 10.1. The molecule has 5 rings (SSSR count). The van der Waals surface area contributed by atoms with E-state index in [0.717, 1.165) is 51.0 Å². The third-order valence-corrected chi connectivity index (χ3v) is 5.50. The van der Waals surface area contributed by atoms with Crippen LogP contribution in [0.4, 0.5) is 11.4 Å². The Morgan fingerprint density at radius 1 is 0.900 bits per heavy atom. The molecule has 0 aliphatic heterocycles. The van der Waals surface area contributed by atoms with Gasteiger partial charge in [0.05, 0.1) is 16.7 Å². The van der Waals surface area contributed by atoms with Gasteiger partial charge in [0.2, 0.25) is 0 Å². The molecule has 148 valence electrons.